The molecule has 144 valence electrons. The largest absolute Gasteiger partial charge is 0.478 e. The van der Waals surface area contributed by atoms with Crippen molar-refractivity contribution in [3.63, 3.8) is 0 Å². The summed E-state index contributed by atoms with van der Waals surface area (Å²) in [5.74, 6) is -1.13. The lowest BCUT2D eigenvalue weighted by molar-refractivity contribution is 0.0695. The molecule has 0 atom stereocenters. The van der Waals surface area contributed by atoms with Crippen LogP contribution in [-0.4, -0.2) is 22.9 Å². The van der Waals surface area contributed by atoms with Crippen molar-refractivity contribution < 1.29 is 24.2 Å². The maximum atomic E-state index is 13.0. The lowest BCUT2D eigenvalue weighted by Crippen LogP contribution is -2.30. The number of rotatable bonds is 4. The highest BCUT2D eigenvalue weighted by Gasteiger charge is 2.38. The van der Waals surface area contributed by atoms with Crippen molar-refractivity contribution in [2.24, 2.45) is 0 Å². The summed E-state index contributed by atoms with van der Waals surface area (Å²) in [4.78, 5) is 38.1. The SMILES string of the molecule is Cc1ccc(C(=O)O)cc1N1C(=O)c2ccc(Oc3ccc(Br)cc3)cc2C1=O. The van der Waals surface area contributed by atoms with E-state index in [4.69, 9.17) is 4.74 Å². The van der Waals surface area contributed by atoms with Crippen LogP contribution in [0, 0.1) is 6.92 Å². The number of carbonyl (C=O) groups excluding carboxylic acids is 2. The van der Waals surface area contributed by atoms with Crippen molar-refractivity contribution >= 4 is 39.4 Å². The minimum absolute atomic E-state index is 0.00131. The van der Waals surface area contributed by atoms with Gasteiger partial charge in [0.05, 0.1) is 22.4 Å². The highest BCUT2D eigenvalue weighted by atomic mass is 79.9. The molecular formula is C22H14BrNO5. The summed E-state index contributed by atoms with van der Waals surface area (Å²) in [6.45, 7) is 1.71. The van der Waals surface area contributed by atoms with E-state index in [2.05, 4.69) is 15.9 Å². The first kappa shape index (κ1) is 18.9. The van der Waals surface area contributed by atoms with Gasteiger partial charge in [-0.2, -0.15) is 0 Å². The second-order valence-electron chi connectivity index (χ2n) is 6.52. The molecule has 1 N–H and O–H groups in total. The second-order valence-corrected chi connectivity index (χ2v) is 7.43. The van der Waals surface area contributed by atoms with Crippen LogP contribution in [0.3, 0.4) is 0 Å². The van der Waals surface area contributed by atoms with Gasteiger partial charge in [-0.1, -0.05) is 22.0 Å². The van der Waals surface area contributed by atoms with Gasteiger partial charge in [-0.25, -0.2) is 9.69 Å². The van der Waals surface area contributed by atoms with Crippen LogP contribution in [-0.2, 0) is 0 Å². The minimum atomic E-state index is -1.13. The van der Waals surface area contributed by atoms with Gasteiger partial charge >= 0.3 is 5.97 Å². The number of halogens is 1. The highest BCUT2D eigenvalue weighted by Crippen LogP contribution is 2.34. The van der Waals surface area contributed by atoms with E-state index in [1.54, 1.807) is 37.3 Å². The fourth-order valence-electron chi connectivity index (χ4n) is 3.12. The third-order valence-electron chi connectivity index (χ3n) is 4.60. The molecule has 0 saturated heterocycles. The van der Waals surface area contributed by atoms with Crippen molar-refractivity contribution in [1.82, 2.24) is 0 Å². The molecule has 0 fully saturated rings. The van der Waals surface area contributed by atoms with Gasteiger partial charge in [0.1, 0.15) is 11.5 Å². The molecule has 6 nitrogen and oxygen atoms in total. The number of aryl methyl sites for hydroxylation is 1. The first-order valence-corrected chi connectivity index (χ1v) is 9.44. The van der Waals surface area contributed by atoms with Crippen LogP contribution >= 0.6 is 15.9 Å². The van der Waals surface area contributed by atoms with E-state index < -0.39 is 17.8 Å². The standard InChI is InChI=1S/C22H14BrNO5/c1-12-2-3-13(22(27)28)10-19(12)24-20(25)17-9-8-16(11-18(17)21(24)26)29-15-6-4-14(23)5-7-15/h2-11H,1H3,(H,27,28). The Morgan fingerprint density at radius 2 is 1.55 bits per heavy atom. The van der Waals surface area contributed by atoms with Crippen LogP contribution < -0.4 is 9.64 Å². The van der Waals surface area contributed by atoms with Crippen molar-refractivity contribution in [3.05, 3.63) is 87.4 Å². The number of amides is 2. The fraction of sp³-hybridized carbons (Fsp3) is 0.0455. The summed E-state index contributed by atoms with van der Waals surface area (Å²) in [6.07, 6.45) is 0. The molecule has 0 saturated carbocycles. The average Bonchev–Trinajstić information content (AvgIpc) is 2.94. The highest BCUT2D eigenvalue weighted by molar-refractivity contribution is 9.10. The predicted molar refractivity (Wildman–Crippen MR) is 110 cm³/mol. The summed E-state index contributed by atoms with van der Waals surface area (Å²) in [5, 5.41) is 9.23. The number of aromatic carboxylic acids is 1. The first-order valence-electron chi connectivity index (χ1n) is 8.65. The number of carboxylic acid groups (broad SMARTS) is 1. The number of hydrogen-bond acceptors (Lipinski definition) is 4. The molecule has 1 heterocycles. The molecule has 3 aromatic rings. The van der Waals surface area contributed by atoms with E-state index in [0.717, 1.165) is 9.37 Å². The van der Waals surface area contributed by atoms with Crippen LogP contribution in [0.5, 0.6) is 11.5 Å². The van der Waals surface area contributed by atoms with Crippen LogP contribution in [0.15, 0.2) is 65.1 Å². The van der Waals surface area contributed by atoms with Gasteiger partial charge in [0.15, 0.2) is 0 Å². The van der Waals surface area contributed by atoms with Gasteiger partial charge in [-0.15, -0.1) is 0 Å². The summed E-state index contributed by atoms with van der Waals surface area (Å²) >= 11 is 3.35. The summed E-state index contributed by atoms with van der Waals surface area (Å²) in [6, 6.07) is 16.2. The third-order valence-corrected chi connectivity index (χ3v) is 5.13. The van der Waals surface area contributed by atoms with Gasteiger partial charge < -0.3 is 9.84 Å². The zero-order valence-electron chi connectivity index (χ0n) is 15.2. The number of benzene rings is 3. The summed E-state index contributed by atoms with van der Waals surface area (Å²) < 4.78 is 6.69. The molecule has 3 aromatic carbocycles. The van der Waals surface area contributed by atoms with Gasteiger partial charge in [0.25, 0.3) is 11.8 Å². The van der Waals surface area contributed by atoms with E-state index in [1.807, 2.05) is 12.1 Å². The van der Waals surface area contributed by atoms with Gasteiger partial charge in [-0.05, 0) is 67.1 Å². The number of carbonyl (C=O) groups is 3. The van der Waals surface area contributed by atoms with E-state index in [-0.39, 0.29) is 22.4 Å². The Labute approximate surface area is 174 Å². The number of imide groups is 1. The Hall–Kier alpha value is -3.45. The Balaban J connectivity index is 1.69. The molecule has 4 rings (SSSR count). The van der Waals surface area contributed by atoms with E-state index in [1.165, 1.54) is 18.2 Å². The van der Waals surface area contributed by atoms with Crippen LogP contribution in [0.25, 0.3) is 0 Å². The second kappa shape index (κ2) is 7.18. The van der Waals surface area contributed by atoms with Crippen molar-refractivity contribution in [3.8, 4) is 11.5 Å². The van der Waals surface area contributed by atoms with Gasteiger partial charge in [0.2, 0.25) is 0 Å². The molecule has 7 heteroatoms. The molecule has 0 unspecified atom stereocenters. The van der Waals surface area contributed by atoms with Crippen molar-refractivity contribution in [2.75, 3.05) is 4.90 Å². The molecule has 1 aliphatic rings. The molecule has 0 spiro atoms. The molecule has 0 aromatic heterocycles. The number of ether oxygens (including phenoxy) is 1. The number of fused-ring (bicyclic) bond motifs is 1. The lowest BCUT2D eigenvalue weighted by atomic mass is 10.1. The fourth-order valence-corrected chi connectivity index (χ4v) is 3.39. The zero-order chi connectivity index (χ0) is 20.7. The van der Waals surface area contributed by atoms with Crippen molar-refractivity contribution in [1.29, 1.82) is 0 Å². The Morgan fingerprint density at radius 3 is 2.24 bits per heavy atom. The zero-order valence-corrected chi connectivity index (χ0v) is 16.8. The molecule has 1 aliphatic heterocycles. The third kappa shape index (κ3) is 3.40. The van der Waals surface area contributed by atoms with E-state index in [0.29, 0.717) is 17.1 Å². The topological polar surface area (TPSA) is 83.9 Å². The normalized spacial score (nSPS) is 12.8. The molecule has 29 heavy (non-hydrogen) atoms. The predicted octanol–water partition coefficient (Wildman–Crippen LogP) is 5.05. The van der Waals surface area contributed by atoms with E-state index >= 15 is 0 Å². The number of nitrogens with zero attached hydrogens (tertiary/aromatic N) is 1. The molecule has 0 radical (unpaired) electrons. The van der Waals surface area contributed by atoms with Crippen LogP contribution in [0.2, 0.25) is 0 Å². The maximum Gasteiger partial charge on any atom is 0.335 e. The maximum absolute atomic E-state index is 13.0. The number of carboxylic acids is 1. The van der Waals surface area contributed by atoms with Crippen LogP contribution in [0.1, 0.15) is 36.6 Å². The Bertz CT molecular complexity index is 1170. The summed E-state index contributed by atoms with van der Waals surface area (Å²) in [7, 11) is 0. The molecule has 0 aliphatic carbocycles. The molecular weight excluding hydrogens is 438 g/mol. The lowest BCUT2D eigenvalue weighted by Gasteiger charge is -2.17. The summed E-state index contributed by atoms with van der Waals surface area (Å²) in [5.41, 5.74) is 1.34. The molecule has 2 amide bonds. The number of hydrogen-bond donors (Lipinski definition) is 1. The Morgan fingerprint density at radius 1 is 0.897 bits per heavy atom. The van der Waals surface area contributed by atoms with Crippen molar-refractivity contribution in [2.45, 2.75) is 6.92 Å². The first-order chi connectivity index (χ1) is 13.8. The van der Waals surface area contributed by atoms with Gasteiger partial charge in [0, 0.05) is 4.47 Å². The Kier molecular flexibility index (Phi) is 4.68. The number of anilines is 1. The quantitative estimate of drug-likeness (QED) is 0.561. The smallest absolute Gasteiger partial charge is 0.335 e. The van der Waals surface area contributed by atoms with Gasteiger partial charge in [-0.3, -0.25) is 9.59 Å². The monoisotopic (exact) mass is 451 g/mol. The average molecular weight is 452 g/mol. The van der Waals surface area contributed by atoms with Crippen LogP contribution in [0.4, 0.5) is 5.69 Å². The minimum Gasteiger partial charge on any atom is -0.478 e. The molecule has 0 bridgehead atoms. The van der Waals surface area contributed by atoms with E-state index in [9.17, 15) is 19.5 Å².